The summed E-state index contributed by atoms with van der Waals surface area (Å²) in [4.78, 5) is 0.474. The van der Waals surface area contributed by atoms with Crippen LogP contribution in [0.15, 0.2) is 29.2 Å². The molecule has 0 unspecified atom stereocenters. The van der Waals surface area contributed by atoms with Crippen molar-refractivity contribution < 1.29 is 8.42 Å². The number of aryl methyl sites for hydroxylation is 1. The first-order valence-electron chi connectivity index (χ1n) is 6.18. The van der Waals surface area contributed by atoms with Gasteiger partial charge in [0.2, 0.25) is 0 Å². The van der Waals surface area contributed by atoms with E-state index in [4.69, 9.17) is 0 Å². The van der Waals surface area contributed by atoms with Crippen LogP contribution in [0.2, 0.25) is 0 Å². The molecule has 0 aromatic heterocycles. The fraction of sp³-hybridized carbons (Fsp3) is 0.538. The minimum Gasteiger partial charge on any atom is -0.317 e. The van der Waals surface area contributed by atoms with Gasteiger partial charge in [-0.2, -0.15) is 0 Å². The van der Waals surface area contributed by atoms with Crippen LogP contribution in [0.4, 0.5) is 0 Å². The minimum absolute atomic E-state index is 0.212. The Balaban J connectivity index is 2.23. The number of benzene rings is 1. The number of sulfone groups is 1. The van der Waals surface area contributed by atoms with E-state index in [0.717, 1.165) is 32.4 Å². The van der Waals surface area contributed by atoms with E-state index in [-0.39, 0.29) is 5.25 Å². The molecule has 0 saturated carbocycles. The molecule has 0 bridgehead atoms. The molecule has 1 saturated heterocycles. The topological polar surface area (TPSA) is 46.2 Å². The van der Waals surface area contributed by atoms with Gasteiger partial charge in [-0.25, -0.2) is 8.42 Å². The third kappa shape index (κ3) is 2.69. The van der Waals surface area contributed by atoms with E-state index < -0.39 is 9.84 Å². The SMILES string of the molecule is CCc1ccc(S(=O)(=O)C2CCNCC2)cc1. The molecule has 1 aromatic carbocycles. The number of nitrogens with one attached hydrogen (secondary N) is 1. The van der Waals surface area contributed by atoms with Crippen molar-refractivity contribution >= 4 is 9.84 Å². The summed E-state index contributed by atoms with van der Waals surface area (Å²) in [6.07, 6.45) is 2.38. The first-order chi connectivity index (χ1) is 8.14. The highest BCUT2D eigenvalue weighted by molar-refractivity contribution is 7.92. The lowest BCUT2D eigenvalue weighted by atomic mass is 10.2. The van der Waals surface area contributed by atoms with Crippen LogP contribution in [0.5, 0.6) is 0 Å². The third-order valence-corrected chi connectivity index (χ3v) is 5.66. The Hall–Kier alpha value is -0.870. The Labute approximate surface area is 103 Å². The van der Waals surface area contributed by atoms with Crippen LogP contribution < -0.4 is 5.32 Å². The quantitative estimate of drug-likeness (QED) is 0.893. The van der Waals surface area contributed by atoms with E-state index in [0.29, 0.717) is 4.90 Å². The standard InChI is InChI=1S/C13H19NO2S/c1-2-11-3-5-12(6-4-11)17(15,16)13-7-9-14-10-8-13/h3-6,13-14H,2,7-10H2,1H3. The maximum atomic E-state index is 12.4. The summed E-state index contributed by atoms with van der Waals surface area (Å²) in [6.45, 7) is 3.67. The maximum absolute atomic E-state index is 12.4. The van der Waals surface area contributed by atoms with Gasteiger partial charge < -0.3 is 5.32 Å². The van der Waals surface area contributed by atoms with Gasteiger partial charge in [0, 0.05) is 0 Å². The molecule has 3 nitrogen and oxygen atoms in total. The zero-order valence-corrected chi connectivity index (χ0v) is 11.0. The van der Waals surface area contributed by atoms with Crippen LogP contribution in [-0.2, 0) is 16.3 Å². The average molecular weight is 253 g/mol. The van der Waals surface area contributed by atoms with Crippen LogP contribution in [0.3, 0.4) is 0 Å². The zero-order valence-electron chi connectivity index (χ0n) is 10.1. The summed E-state index contributed by atoms with van der Waals surface area (Å²) in [5.41, 5.74) is 1.18. The molecule has 2 rings (SSSR count). The second kappa shape index (κ2) is 5.19. The van der Waals surface area contributed by atoms with Crippen LogP contribution in [0.1, 0.15) is 25.3 Å². The second-order valence-electron chi connectivity index (χ2n) is 4.49. The second-order valence-corrected chi connectivity index (χ2v) is 6.72. The molecule has 1 aliphatic heterocycles. The fourth-order valence-corrected chi connectivity index (χ4v) is 3.97. The largest absolute Gasteiger partial charge is 0.317 e. The summed E-state index contributed by atoms with van der Waals surface area (Å²) in [5.74, 6) is 0. The molecule has 1 heterocycles. The summed E-state index contributed by atoms with van der Waals surface area (Å²) in [5, 5.41) is 2.98. The van der Waals surface area contributed by atoms with Gasteiger partial charge in [-0.15, -0.1) is 0 Å². The van der Waals surface area contributed by atoms with Gasteiger partial charge in [0.05, 0.1) is 10.1 Å². The number of hydrogen-bond donors (Lipinski definition) is 1. The van der Waals surface area contributed by atoms with E-state index in [1.165, 1.54) is 5.56 Å². The van der Waals surface area contributed by atoms with Gasteiger partial charge in [-0.3, -0.25) is 0 Å². The maximum Gasteiger partial charge on any atom is 0.181 e. The van der Waals surface area contributed by atoms with Crippen molar-refractivity contribution in [3.8, 4) is 0 Å². The highest BCUT2D eigenvalue weighted by Crippen LogP contribution is 2.22. The van der Waals surface area contributed by atoms with Crippen LogP contribution in [-0.4, -0.2) is 26.8 Å². The average Bonchev–Trinajstić information content (AvgIpc) is 2.40. The smallest absolute Gasteiger partial charge is 0.181 e. The van der Waals surface area contributed by atoms with E-state index in [1.54, 1.807) is 12.1 Å². The molecular weight excluding hydrogens is 234 g/mol. The van der Waals surface area contributed by atoms with Gasteiger partial charge in [0.15, 0.2) is 9.84 Å². The highest BCUT2D eigenvalue weighted by atomic mass is 32.2. The monoisotopic (exact) mass is 253 g/mol. The van der Waals surface area contributed by atoms with Gasteiger partial charge in [-0.05, 0) is 50.0 Å². The highest BCUT2D eigenvalue weighted by Gasteiger charge is 2.28. The van der Waals surface area contributed by atoms with E-state index in [9.17, 15) is 8.42 Å². The summed E-state index contributed by atoms with van der Waals surface area (Å²) in [6, 6.07) is 7.31. The molecule has 0 spiro atoms. The molecule has 0 radical (unpaired) electrons. The van der Waals surface area contributed by atoms with Crippen LogP contribution >= 0.6 is 0 Å². The predicted molar refractivity (Wildman–Crippen MR) is 68.9 cm³/mol. The van der Waals surface area contributed by atoms with Crippen molar-refractivity contribution in [3.05, 3.63) is 29.8 Å². The first-order valence-corrected chi connectivity index (χ1v) is 7.73. The molecule has 17 heavy (non-hydrogen) atoms. The Morgan fingerprint density at radius 3 is 2.29 bits per heavy atom. The molecular formula is C13H19NO2S. The number of piperidine rings is 1. The van der Waals surface area contributed by atoms with Crippen molar-refractivity contribution in [2.75, 3.05) is 13.1 Å². The molecule has 0 atom stereocenters. The lowest BCUT2D eigenvalue weighted by Gasteiger charge is -2.22. The molecule has 0 amide bonds. The molecule has 1 aromatic rings. The molecule has 0 aliphatic carbocycles. The van der Waals surface area contributed by atoms with Gasteiger partial charge >= 0.3 is 0 Å². The normalized spacial score (nSPS) is 18.2. The van der Waals surface area contributed by atoms with Crippen LogP contribution in [0, 0.1) is 0 Å². The van der Waals surface area contributed by atoms with Crippen molar-refractivity contribution in [1.82, 2.24) is 5.32 Å². The van der Waals surface area contributed by atoms with Gasteiger partial charge in [0.25, 0.3) is 0 Å². The Morgan fingerprint density at radius 1 is 1.18 bits per heavy atom. The minimum atomic E-state index is -3.13. The van der Waals surface area contributed by atoms with Crippen molar-refractivity contribution in [2.24, 2.45) is 0 Å². The van der Waals surface area contributed by atoms with E-state index >= 15 is 0 Å². The van der Waals surface area contributed by atoms with Crippen molar-refractivity contribution in [3.63, 3.8) is 0 Å². The lowest BCUT2D eigenvalue weighted by molar-refractivity contribution is 0.496. The Bertz CT molecular complexity index is 459. The molecule has 1 fully saturated rings. The fourth-order valence-electron chi connectivity index (χ4n) is 2.21. The molecule has 94 valence electrons. The molecule has 1 aliphatic rings. The van der Waals surface area contributed by atoms with Gasteiger partial charge in [0.1, 0.15) is 0 Å². The zero-order chi connectivity index (χ0) is 12.3. The summed E-state index contributed by atoms with van der Waals surface area (Å²) < 4.78 is 24.7. The summed E-state index contributed by atoms with van der Waals surface area (Å²) >= 11 is 0. The predicted octanol–water partition coefficient (Wildman–Crippen LogP) is 1.77. The lowest BCUT2D eigenvalue weighted by Crippen LogP contribution is -2.35. The first kappa shape index (κ1) is 12.6. The Morgan fingerprint density at radius 2 is 1.76 bits per heavy atom. The van der Waals surface area contributed by atoms with E-state index in [1.807, 2.05) is 12.1 Å². The summed E-state index contributed by atoms with van der Waals surface area (Å²) in [7, 11) is -3.13. The van der Waals surface area contributed by atoms with Gasteiger partial charge in [-0.1, -0.05) is 19.1 Å². The molecule has 4 heteroatoms. The third-order valence-electron chi connectivity index (χ3n) is 3.39. The van der Waals surface area contributed by atoms with Crippen molar-refractivity contribution in [2.45, 2.75) is 36.3 Å². The molecule has 1 N–H and O–H groups in total. The van der Waals surface area contributed by atoms with Crippen LogP contribution in [0.25, 0.3) is 0 Å². The number of rotatable bonds is 3. The number of hydrogen-bond acceptors (Lipinski definition) is 3. The van der Waals surface area contributed by atoms with E-state index in [2.05, 4.69) is 12.2 Å². The Kier molecular flexibility index (Phi) is 3.84. The van der Waals surface area contributed by atoms with Crippen molar-refractivity contribution in [1.29, 1.82) is 0 Å².